The standard InChI is InChI=1S/C12H12ClN3O/c1-2-5-16-8-10(7-15-16)12(17)9-3-4-14-11(13)6-9/h3-4,6-8H,2,5H2,1H3. The van der Waals surface area contributed by atoms with Gasteiger partial charge in [0, 0.05) is 24.5 Å². The molecule has 0 amide bonds. The topological polar surface area (TPSA) is 47.8 Å². The van der Waals surface area contributed by atoms with Crippen molar-refractivity contribution in [1.29, 1.82) is 0 Å². The Hall–Kier alpha value is -1.68. The van der Waals surface area contributed by atoms with Gasteiger partial charge in [0.25, 0.3) is 0 Å². The lowest BCUT2D eigenvalue weighted by atomic mass is 10.1. The minimum atomic E-state index is -0.0864. The summed E-state index contributed by atoms with van der Waals surface area (Å²) in [7, 11) is 0. The summed E-state index contributed by atoms with van der Waals surface area (Å²) in [5.41, 5.74) is 1.10. The number of hydrogen-bond acceptors (Lipinski definition) is 3. The molecule has 2 rings (SSSR count). The largest absolute Gasteiger partial charge is 0.288 e. The number of ketones is 1. The van der Waals surface area contributed by atoms with E-state index >= 15 is 0 Å². The summed E-state index contributed by atoms with van der Waals surface area (Å²) < 4.78 is 1.76. The third-order valence-electron chi connectivity index (χ3n) is 2.34. The molecule has 0 aliphatic carbocycles. The Kier molecular flexibility index (Phi) is 3.54. The van der Waals surface area contributed by atoms with Gasteiger partial charge in [-0.1, -0.05) is 18.5 Å². The van der Waals surface area contributed by atoms with E-state index in [1.165, 1.54) is 6.20 Å². The molecule has 88 valence electrons. The Morgan fingerprint density at radius 2 is 2.29 bits per heavy atom. The average molecular weight is 250 g/mol. The van der Waals surface area contributed by atoms with E-state index in [9.17, 15) is 4.79 Å². The molecule has 2 aromatic rings. The Morgan fingerprint density at radius 1 is 1.47 bits per heavy atom. The fraction of sp³-hybridized carbons (Fsp3) is 0.250. The molecule has 2 heterocycles. The molecule has 2 aromatic heterocycles. The maximum Gasteiger partial charge on any atom is 0.196 e. The Labute approximate surface area is 104 Å². The van der Waals surface area contributed by atoms with Crippen molar-refractivity contribution in [2.24, 2.45) is 0 Å². The first-order valence-corrected chi connectivity index (χ1v) is 5.77. The van der Waals surface area contributed by atoms with Crippen molar-refractivity contribution in [2.75, 3.05) is 0 Å². The number of aryl methyl sites for hydroxylation is 1. The van der Waals surface area contributed by atoms with Crippen LogP contribution in [0.5, 0.6) is 0 Å². The van der Waals surface area contributed by atoms with Crippen LogP contribution in [-0.2, 0) is 6.54 Å². The number of halogens is 1. The third kappa shape index (κ3) is 2.71. The Morgan fingerprint density at radius 3 is 3.00 bits per heavy atom. The normalized spacial score (nSPS) is 10.5. The van der Waals surface area contributed by atoms with Crippen LogP contribution >= 0.6 is 11.6 Å². The van der Waals surface area contributed by atoms with Crippen molar-refractivity contribution in [3.63, 3.8) is 0 Å². The predicted molar refractivity (Wildman–Crippen MR) is 65.2 cm³/mol. The maximum atomic E-state index is 12.1. The highest BCUT2D eigenvalue weighted by Gasteiger charge is 2.11. The van der Waals surface area contributed by atoms with Gasteiger partial charge in [-0.3, -0.25) is 9.48 Å². The molecule has 0 unspecified atom stereocenters. The van der Waals surface area contributed by atoms with Gasteiger partial charge < -0.3 is 0 Å². The van der Waals surface area contributed by atoms with E-state index in [0.717, 1.165) is 13.0 Å². The molecule has 0 aliphatic rings. The first-order valence-electron chi connectivity index (χ1n) is 5.39. The predicted octanol–water partition coefficient (Wildman–Crippen LogP) is 2.57. The number of hydrogen-bond donors (Lipinski definition) is 0. The van der Waals surface area contributed by atoms with E-state index in [-0.39, 0.29) is 5.78 Å². The molecule has 0 radical (unpaired) electrons. The summed E-state index contributed by atoms with van der Waals surface area (Å²) in [6.45, 7) is 2.87. The molecule has 0 aromatic carbocycles. The molecule has 17 heavy (non-hydrogen) atoms. The summed E-state index contributed by atoms with van der Waals surface area (Å²) in [6.07, 6.45) is 5.83. The second-order valence-electron chi connectivity index (χ2n) is 3.69. The minimum absolute atomic E-state index is 0.0864. The number of carbonyl (C=O) groups excluding carboxylic acids is 1. The van der Waals surface area contributed by atoms with Gasteiger partial charge in [-0.25, -0.2) is 4.98 Å². The highest BCUT2D eigenvalue weighted by atomic mass is 35.5. The zero-order valence-electron chi connectivity index (χ0n) is 9.43. The van der Waals surface area contributed by atoms with Gasteiger partial charge in [-0.2, -0.15) is 5.10 Å². The Balaban J connectivity index is 2.24. The van der Waals surface area contributed by atoms with Gasteiger partial charge in [0.15, 0.2) is 5.78 Å². The molecule has 0 N–H and O–H groups in total. The molecule has 0 fully saturated rings. The summed E-state index contributed by atoms with van der Waals surface area (Å²) in [4.78, 5) is 15.9. The average Bonchev–Trinajstić information content (AvgIpc) is 2.77. The van der Waals surface area contributed by atoms with Crippen LogP contribution in [0.4, 0.5) is 0 Å². The van der Waals surface area contributed by atoms with Gasteiger partial charge in [0.2, 0.25) is 0 Å². The van der Waals surface area contributed by atoms with Crippen LogP contribution in [0.25, 0.3) is 0 Å². The van der Waals surface area contributed by atoms with Gasteiger partial charge in [0.05, 0.1) is 11.8 Å². The van der Waals surface area contributed by atoms with Gasteiger partial charge in [-0.15, -0.1) is 0 Å². The van der Waals surface area contributed by atoms with Crippen LogP contribution in [0.15, 0.2) is 30.7 Å². The van der Waals surface area contributed by atoms with E-state index < -0.39 is 0 Å². The van der Waals surface area contributed by atoms with E-state index in [0.29, 0.717) is 16.3 Å². The van der Waals surface area contributed by atoms with E-state index in [1.54, 1.807) is 29.2 Å². The monoisotopic (exact) mass is 249 g/mol. The molecule has 4 nitrogen and oxygen atoms in total. The van der Waals surface area contributed by atoms with E-state index in [4.69, 9.17) is 11.6 Å². The third-order valence-corrected chi connectivity index (χ3v) is 2.54. The fourth-order valence-electron chi connectivity index (χ4n) is 1.54. The smallest absolute Gasteiger partial charge is 0.196 e. The highest BCUT2D eigenvalue weighted by Crippen LogP contribution is 2.12. The number of rotatable bonds is 4. The van der Waals surface area contributed by atoms with Crippen molar-refractivity contribution in [3.8, 4) is 0 Å². The minimum Gasteiger partial charge on any atom is -0.288 e. The lowest BCUT2D eigenvalue weighted by Gasteiger charge is -1.98. The number of nitrogens with zero attached hydrogens (tertiary/aromatic N) is 3. The second-order valence-corrected chi connectivity index (χ2v) is 4.08. The van der Waals surface area contributed by atoms with E-state index in [1.807, 2.05) is 0 Å². The summed E-state index contributed by atoms with van der Waals surface area (Å²) in [5.74, 6) is -0.0864. The van der Waals surface area contributed by atoms with Crippen molar-refractivity contribution < 1.29 is 4.79 Å². The van der Waals surface area contributed by atoms with Crippen LogP contribution in [0.3, 0.4) is 0 Å². The number of pyridine rings is 1. The molecule has 5 heteroatoms. The SMILES string of the molecule is CCCn1cc(C(=O)c2ccnc(Cl)c2)cn1. The van der Waals surface area contributed by atoms with Gasteiger partial charge in [-0.05, 0) is 18.6 Å². The fourth-order valence-corrected chi connectivity index (χ4v) is 1.72. The van der Waals surface area contributed by atoms with Crippen LogP contribution in [0, 0.1) is 0 Å². The maximum absolute atomic E-state index is 12.1. The lowest BCUT2D eigenvalue weighted by molar-refractivity contribution is 0.103. The molecule has 0 saturated heterocycles. The molecule has 0 spiro atoms. The lowest BCUT2D eigenvalue weighted by Crippen LogP contribution is -2.01. The first kappa shape index (κ1) is 11.8. The van der Waals surface area contributed by atoms with E-state index in [2.05, 4.69) is 17.0 Å². The van der Waals surface area contributed by atoms with Crippen molar-refractivity contribution in [1.82, 2.24) is 14.8 Å². The molecule has 0 saturated carbocycles. The highest BCUT2D eigenvalue weighted by molar-refractivity contribution is 6.29. The molecule has 0 bridgehead atoms. The van der Waals surface area contributed by atoms with Crippen LogP contribution in [-0.4, -0.2) is 20.5 Å². The van der Waals surface area contributed by atoms with Crippen LogP contribution in [0.1, 0.15) is 29.3 Å². The molecular formula is C12H12ClN3O. The molecule has 0 atom stereocenters. The summed E-state index contributed by atoms with van der Waals surface area (Å²) in [5, 5.41) is 4.44. The van der Waals surface area contributed by atoms with Gasteiger partial charge in [0.1, 0.15) is 5.15 Å². The quantitative estimate of drug-likeness (QED) is 0.618. The number of carbonyl (C=O) groups is 1. The van der Waals surface area contributed by atoms with Crippen molar-refractivity contribution in [3.05, 3.63) is 47.0 Å². The summed E-state index contributed by atoms with van der Waals surface area (Å²) in [6, 6.07) is 3.20. The van der Waals surface area contributed by atoms with Crippen molar-refractivity contribution >= 4 is 17.4 Å². The van der Waals surface area contributed by atoms with Crippen molar-refractivity contribution in [2.45, 2.75) is 19.9 Å². The van der Waals surface area contributed by atoms with Crippen LogP contribution in [0.2, 0.25) is 5.15 Å². The second kappa shape index (κ2) is 5.10. The van der Waals surface area contributed by atoms with Gasteiger partial charge >= 0.3 is 0 Å². The number of aromatic nitrogens is 3. The first-order chi connectivity index (χ1) is 8.20. The van der Waals surface area contributed by atoms with Crippen LogP contribution < -0.4 is 0 Å². The molecular weight excluding hydrogens is 238 g/mol. The zero-order valence-corrected chi connectivity index (χ0v) is 10.2. The Bertz CT molecular complexity index is 536. The summed E-state index contributed by atoms with van der Waals surface area (Å²) >= 11 is 5.75. The zero-order chi connectivity index (χ0) is 12.3. The molecule has 0 aliphatic heterocycles.